The summed E-state index contributed by atoms with van der Waals surface area (Å²) in [5.74, 6) is 0. The van der Waals surface area contributed by atoms with Gasteiger partial charge < -0.3 is 4.90 Å². The van der Waals surface area contributed by atoms with Gasteiger partial charge in [-0.3, -0.25) is 4.90 Å². The van der Waals surface area contributed by atoms with Gasteiger partial charge in [0.1, 0.15) is 0 Å². The maximum absolute atomic E-state index is 3.65. The van der Waals surface area contributed by atoms with Crippen LogP contribution in [0.25, 0.3) is 0 Å². The van der Waals surface area contributed by atoms with E-state index in [2.05, 4.69) is 48.6 Å². The van der Waals surface area contributed by atoms with Crippen molar-refractivity contribution in [3.63, 3.8) is 0 Å². The quantitative estimate of drug-likeness (QED) is 0.518. The number of piperazine rings is 1. The minimum absolute atomic E-state index is 0.561. The molecule has 0 aromatic heterocycles. The molecule has 0 aromatic rings. The van der Waals surface area contributed by atoms with Crippen molar-refractivity contribution in [3.05, 3.63) is 37.0 Å². The Hall–Kier alpha value is -0.860. The van der Waals surface area contributed by atoms with E-state index in [9.17, 15) is 0 Å². The summed E-state index contributed by atoms with van der Waals surface area (Å²) < 4.78 is 0. The third-order valence-electron chi connectivity index (χ3n) is 3.07. The van der Waals surface area contributed by atoms with Crippen LogP contribution in [0.15, 0.2) is 37.0 Å². The molecule has 1 rings (SSSR count). The lowest BCUT2D eigenvalue weighted by molar-refractivity contribution is 0.136. The van der Waals surface area contributed by atoms with Crippen molar-refractivity contribution >= 4 is 0 Å². The topological polar surface area (TPSA) is 6.48 Å². The van der Waals surface area contributed by atoms with Gasteiger partial charge in [-0.05, 0) is 20.4 Å². The number of likely N-dealkylation sites (N-methyl/N-ethyl adjacent to an activating group) is 1. The Balaban J connectivity index is 2.26. The third kappa shape index (κ3) is 4.77. The van der Waals surface area contributed by atoms with Crippen molar-refractivity contribution in [2.75, 3.05) is 33.2 Å². The number of hydrogen-bond donors (Lipinski definition) is 0. The summed E-state index contributed by atoms with van der Waals surface area (Å²) in [7, 11) is 2.19. The molecule has 1 saturated heterocycles. The van der Waals surface area contributed by atoms with Crippen LogP contribution in [0.1, 0.15) is 13.3 Å². The van der Waals surface area contributed by atoms with Gasteiger partial charge in [-0.15, -0.1) is 0 Å². The second-order valence-corrected chi connectivity index (χ2v) is 4.41. The molecule has 1 fully saturated rings. The Bertz CT molecular complexity index is 247. The fraction of sp³-hybridized carbons (Fsp3) is 0.571. The molecule has 0 aromatic carbocycles. The summed E-state index contributed by atoms with van der Waals surface area (Å²) in [4.78, 5) is 4.92. The maximum atomic E-state index is 3.65. The van der Waals surface area contributed by atoms with Gasteiger partial charge in [-0.25, -0.2) is 0 Å². The molecule has 1 aliphatic heterocycles. The van der Waals surface area contributed by atoms with Crippen molar-refractivity contribution in [1.82, 2.24) is 9.80 Å². The van der Waals surface area contributed by atoms with Crippen molar-refractivity contribution in [1.29, 1.82) is 0 Å². The number of allylic oxidation sites excluding steroid dienone is 4. The van der Waals surface area contributed by atoms with E-state index in [1.807, 2.05) is 12.2 Å². The molecule has 1 heterocycles. The first-order chi connectivity index (χ1) is 7.74. The fourth-order valence-electron chi connectivity index (χ4n) is 1.88. The van der Waals surface area contributed by atoms with Crippen molar-refractivity contribution in [3.8, 4) is 0 Å². The Labute approximate surface area is 99.9 Å². The fourth-order valence-corrected chi connectivity index (χ4v) is 1.88. The molecule has 0 amide bonds. The molecular weight excluding hydrogens is 196 g/mol. The van der Waals surface area contributed by atoms with Crippen LogP contribution in [-0.2, 0) is 0 Å². The SMILES string of the molecule is C=C/C=C\C/C=C\C(C)N1CCN(C)CC1. The predicted octanol–water partition coefficient (Wildman–Crippen LogP) is 2.31. The van der Waals surface area contributed by atoms with E-state index in [1.54, 1.807) is 0 Å². The van der Waals surface area contributed by atoms with Crippen molar-refractivity contribution in [2.24, 2.45) is 0 Å². The number of hydrogen-bond acceptors (Lipinski definition) is 2. The lowest BCUT2D eigenvalue weighted by Gasteiger charge is -2.35. The second-order valence-electron chi connectivity index (χ2n) is 4.41. The molecule has 0 aliphatic carbocycles. The first kappa shape index (κ1) is 13.2. The highest BCUT2D eigenvalue weighted by Crippen LogP contribution is 2.06. The zero-order chi connectivity index (χ0) is 11.8. The van der Waals surface area contributed by atoms with Gasteiger partial charge in [0.25, 0.3) is 0 Å². The molecule has 0 bridgehead atoms. The Morgan fingerprint density at radius 1 is 1.19 bits per heavy atom. The van der Waals surface area contributed by atoms with Gasteiger partial charge in [-0.1, -0.05) is 37.0 Å². The van der Waals surface area contributed by atoms with E-state index >= 15 is 0 Å². The smallest absolute Gasteiger partial charge is 0.0251 e. The Morgan fingerprint density at radius 2 is 1.88 bits per heavy atom. The number of rotatable bonds is 5. The highest BCUT2D eigenvalue weighted by atomic mass is 15.3. The van der Waals surface area contributed by atoms with Crippen LogP contribution in [-0.4, -0.2) is 49.1 Å². The minimum Gasteiger partial charge on any atom is -0.304 e. The molecule has 0 radical (unpaired) electrons. The van der Waals surface area contributed by atoms with Crippen LogP contribution in [0.4, 0.5) is 0 Å². The van der Waals surface area contributed by atoms with Crippen LogP contribution in [0.5, 0.6) is 0 Å². The molecule has 0 saturated carbocycles. The summed E-state index contributed by atoms with van der Waals surface area (Å²) in [6.45, 7) is 10.7. The molecule has 0 spiro atoms. The van der Waals surface area contributed by atoms with Gasteiger partial charge in [-0.2, -0.15) is 0 Å². The molecule has 1 atom stereocenters. The van der Waals surface area contributed by atoms with E-state index in [4.69, 9.17) is 0 Å². The standard InChI is InChI=1S/C14H24N2/c1-4-5-6-7-8-9-14(2)16-12-10-15(3)11-13-16/h4-6,8-9,14H,1,7,10-13H2,2-3H3/b6-5-,9-8-. The molecule has 90 valence electrons. The van der Waals surface area contributed by atoms with E-state index in [-0.39, 0.29) is 0 Å². The Morgan fingerprint density at radius 3 is 2.50 bits per heavy atom. The largest absolute Gasteiger partial charge is 0.304 e. The van der Waals surface area contributed by atoms with Gasteiger partial charge in [0, 0.05) is 32.2 Å². The lowest BCUT2D eigenvalue weighted by atomic mass is 10.2. The highest BCUT2D eigenvalue weighted by Gasteiger charge is 2.16. The van der Waals surface area contributed by atoms with E-state index in [1.165, 1.54) is 26.2 Å². The average Bonchev–Trinajstić information content (AvgIpc) is 2.29. The average molecular weight is 220 g/mol. The number of nitrogens with zero attached hydrogens (tertiary/aromatic N) is 2. The molecular formula is C14H24N2. The van der Waals surface area contributed by atoms with Crippen molar-refractivity contribution < 1.29 is 0 Å². The summed E-state index contributed by atoms with van der Waals surface area (Å²) in [6.07, 6.45) is 11.5. The summed E-state index contributed by atoms with van der Waals surface area (Å²) in [5.41, 5.74) is 0. The van der Waals surface area contributed by atoms with E-state index in [0.717, 1.165) is 6.42 Å². The summed E-state index contributed by atoms with van der Waals surface area (Å²) >= 11 is 0. The Kier molecular flexibility index (Phi) is 6.12. The first-order valence-corrected chi connectivity index (χ1v) is 6.11. The normalized spacial score (nSPS) is 21.9. The summed E-state index contributed by atoms with van der Waals surface area (Å²) in [5, 5.41) is 0. The maximum Gasteiger partial charge on any atom is 0.0251 e. The first-order valence-electron chi connectivity index (χ1n) is 6.11. The molecule has 1 unspecified atom stereocenters. The minimum atomic E-state index is 0.561. The van der Waals surface area contributed by atoms with Crippen LogP contribution >= 0.6 is 0 Å². The second kappa shape index (κ2) is 7.42. The molecule has 1 aliphatic rings. The van der Waals surface area contributed by atoms with Crippen LogP contribution in [0.3, 0.4) is 0 Å². The van der Waals surface area contributed by atoms with Crippen molar-refractivity contribution in [2.45, 2.75) is 19.4 Å². The van der Waals surface area contributed by atoms with E-state index in [0.29, 0.717) is 6.04 Å². The van der Waals surface area contributed by atoms with Gasteiger partial charge >= 0.3 is 0 Å². The predicted molar refractivity (Wildman–Crippen MR) is 71.6 cm³/mol. The molecule has 2 heteroatoms. The van der Waals surface area contributed by atoms with Gasteiger partial charge in [0.2, 0.25) is 0 Å². The summed E-state index contributed by atoms with van der Waals surface area (Å²) in [6, 6.07) is 0.561. The zero-order valence-corrected chi connectivity index (χ0v) is 10.6. The van der Waals surface area contributed by atoms with Gasteiger partial charge in [0.15, 0.2) is 0 Å². The monoisotopic (exact) mass is 220 g/mol. The molecule has 0 N–H and O–H groups in total. The van der Waals surface area contributed by atoms with Crippen LogP contribution in [0, 0.1) is 0 Å². The molecule has 16 heavy (non-hydrogen) atoms. The lowest BCUT2D eigenvalue weighted by Crippen LogP contribution is -2.47. The zero-order valence-electron chi connectivity index (χ0n) is 10.6. The van der Waals surface area contributed by atoms with Crippen LogP contribution in [0.2, 0.25) is 0 Å². The molecule has 2 nitrogen and oxygen atoms in total. The van der Waals surface area contributed by atoms with Crippen LogP contribution < -0.4 is 0 Å². The highest BCUT2D eigenvalue weighted by molar-refractivity contribution is 5.03. The van der Waals surface area contributed by atoms with Gasteiger partial charge in [0.05, 0.1) is 0 Å². The van der Waals surface area contributed by atoms with E-state index < -0.39 is 0 Å². The third-order valence-corrected chi connectivity index (χ3v) is 3.07.